The summed E-state index contributed by atoms with van der Waals surface area (Å²) in [6.45, 7) is 1.74. The normalized spacial score (nSPS) is 10.7. The van der Waals surface area contributed by atoms with Crippen LogP contribution in [0.3, 0.4) is 0 Å². The van der Waals surface area contributed by atoms with Gasteiger partial charge in [-0.15, -0.1) is 11.3 Å². The molecule has 2 heterocycles. The monoisotopic (exact) mass is 228 g/mol. The Morgan fingerprint density at radius 3 is 3.00 bits per heavy atom. The van der Waals surface area contributed by atoms with Gasteiger partial charge in [-0.25, -0.2) is 14.8 Å². The molecule has 0 aromatic carbocycles. The average molecular weight is 229 g/mol. The molecular weight excluding hydrogens is 224 g/mol. The van der Waals surface area contributed by atoms with Gasteiger partial charge in [-0.2, -0.15) is 0 Å². The summed E-state index contributed by atoms with van der Waals surface area (Å²) in [6, 6.07) is 0. The molecule has 2 rings (SSSR count). The van der Waals surface area contributed by atoms with E-state index in [2.05, 4.69) is 9.97 Å². The van der Waals surface area contributed by atoms with Gasteiger partial charge in [0.1, 0.15) is 9.71 Å². The number of aromatic carboxylic acids is 1. The van der Waals surface area contributed by atoms with Crippen LogP contribution >= 0.6 is 22.9 Å². The summed E-state index contributed by atoms with van der Waals surface area (Å²) < 4.78 is 0. The Bertz CT molecular complexity index is 523. The SMILES string of the molecule is Cc1c(C(=O)O)sc2nc(Cl)ncc12. The fourth-order valence-electron chi connectivity index (χ4n) is 1.18. The van der Waals surface area contributed by atoms with Gasteiger partial charge in [0.15, 0.2) is 0 Å². The van der Waals surface area contributed by atoms with Crippen molar-refractivity contribution in [2.24, 2.45) is 0 Å². The topological polar surface area (TPSA) is 63.1 Å². The van der Waals surface area contributed by atoms with Gasteiger partial charge in [0.05, 0.1) is 0 Å². The van der Waals surface area contributed by atoms with Gasteiger partial charge in [0.2, 0.25) is 5.28 Å². The summed E-state index contributed by atoms with van der Waals surface area (Å²) in [5, 5.41) is 9.75. The first-order valence-corrected chi connectivity index (χ1v) is 4.94. The molecule has 6 heteroatoms. The van der Waals surface area contributed by atoms with Crippen LogP contribution in [0.4, 0.5) is 0 Å². The second-order valence-corrected chi connectivity index (χ2v) is 4.06. The number of halogens is 1. The summed E-state index contributed by atoms with van der Waals surface area (Å²) in [5.74, 6) is -0.943. The Hall–Kier alpha value is -1.20. The molecule has 0 unspecified atom stereocenters. The predicted molar refractivity (Wildman–Crippen MR) is 54.1 cm³/mol. The molecule has 0 radical (unpaired) electrons. The van der Waals surface area contributed by atoms with Crippen molar-refractivity contribution in [2.45, 2.75) is 6.92 Å². The number of aromatic nitrogens is 2. The highest BCUT2D eigenvalue weighted by Crippen LogP contribution is 2.29. The molecule has 0 bridgehead atoms. The lowest BCUT2D eigenvalue weighted by Crippen LogP contribution is -1.93. The summed E-state index contributed by atoms with van der Waals surface area (Å²) in [7, 11) is 0. The zero-order chi connectivity index (χ0) is 10.3. The molecule has 72 valence electrons. The average Bonchev–Trinajstić information content (AvgIpc) is 2.43. The van der Waals surface area contributed by atoms with E-state index in [1.807, 2.05) is 0 Å². The minimum absolute atomic E-state index is 0.135. The molecule has 0 aliphatic rings. The second kappa shape index (κ2) is 3.18. The number of rotatable bonds is 1. The van der Waals surface area contributed by atoms with Gasteiger partial charge >= 0.3 is 5.97 Å². The van der Waals surface area contributed by atoms with Gasteiger partial charge in [0.25, 0.3) is 0 Å². The lowest BCUT2D eigenvalue weighted by atomic mass is 10.2. The zero-order valence-electron chi connectivity index (χ0n) is 7.11. The molecule has 0 spiro atoms. The van der Waals surface area contributed by atoms with Crippen molar-refractivity contribution in [3.63, 3.8) is 0 Å². The van der Waals surface area contributed by atoms with Gasteiger partial charge in [-0.05, 0) is 24.1 Å². The van der Waals surface area contributed by atoms with Crippen LogP contribution in [0.2, 0.25) is 5.28 Å². The van der Waals surface area contributed by atoms with Crippen molar-refractivity contribution in [3.8, 4) is 0 Å². The van der Waals surface area contributed by atoms with Gasteiger partial charge < -0.3 is 5.11 Å². The largest absolute Gasteiger partial charge is 0.477 e. The zero-order valence-corrected chi connectivity index (χ0v) is 8.69. The summed E-state index contributed by atoms with van der Waals surface area (Å²) in [6.07, 6.45) is 1.54. The molecular formula is C8H5ClN2O2S. The Balaban J connectivity index is 2.79. The van der Waals surface area contributed by atoms with Crippen molar-refractivity contribution in [1.29, 1.82) is 0 Å². The number of aryl methyl sites for hydroxylation is 1. The molecule has 0 saturated heterocycles. The summed E-state index contributed by atoms with van der Waals surface area (Å²) >= 11 is 6.71. The first-order valence-electron chi connectivity index (χ1n) is 3.74. The highest BCUT2D eigenvalue weighted by atomic mass is 35.5. The van der Waals surface area contributed by atoms with E-state index in [9.17, 15) is 4.79 Å². The predicted octanol–water partition coefficient (Wildman–Crippen LogP) is 2.35. The highest BCUT2D eigenvalue weighted by Gasteiger charge is 2.15. The summed E-state index contributed by atoms with van der Waals surface area (Å²) in [5.41, 5.74) is 0.689. The number of hydrogen-bond acceptors (Lipinski definition) is 4. The van der Waals surface area contributed by atoms with E-state index in [0.717, 1.165) is 16.7 Å². The van der Waals surface area contributed by atoms with E-state index in [1.54, 1.807) is 13.1 Å². The van der Waals surface area contributed by atoms with Crippen LogP contribution in [-0.4, -0.2) is 21.0 Å². The lowest BCUT2D eigenvalue weighted by Gasteiger charge is -1.90. The second-order valence-electron chi connectivity index (χ2n) is 2.72. The van der Waals surface area contributed by atoms with E-state index >= 15 is 0 Å². The number of carboxylic acids is 1. The Labute approximate surface area is 88.2 Å². The van der Waals surface area contributed by atoms with Crippen LogP contribution in [-0.2, 0) is 0 Å². The molecule has 0 aliphatic carbocycles. The third-order valence-electron chi connectivity index (χ3n) is 1.86. The Kier molecular flexibility index (Phi) is 2.13. The summed E-state index contributed by atoms with van der Waals surface area (Å²) in [4.78, 5) is 19.5. The van der Waals surface area contributed by atoms with E-state index < -0.39 is 5.97 Å². The molecule has 0 fully saturated rings. The van der Waals surface area contributed by atoms with Crippen LogP contribution in [0.5, 0.6) is 0 Å². The van der Waals surface area contributed by atoms with Crippen LogP contribution < -0.4 is 0 Å². The quantitative estimate of drug-likeness (QED) is 0.761. The van der Waals surface area contributed by atoms with Crippen molar-refractivity contribution in [2.75, 3.05) is 0 Å². The highest BCUT2D eigenvalue weighted by molar-refractivity contribution is 7.20. The number of carbonyl (C=O) groups is 1. The van der Waals surface area contributed by atoms with Gasteiger partial charge in [-0.3, -0.25) is 0 Å². The molecule has 1 N–H and O–H groups in total. The van der Waals surface area contributed by atoms with E-state index in [-0.39, 0.29) is 10.2 Å². The van der Waals surface area contributed by atoms with E-state index in [4.69, 9.17) is 16.7 Å². The smallest absolute Gasteiger partial charge is 0.346 e. The van der Waals surface area contributed by atoms with Crippen molar-refractivity contribution in [3.05, 3.63) is 21.9 Å². The van der Waals surface area contributed by atoms with Crippen LogP contribution in [0.1, 0.15) is 15.2 Å². The molecule has 0 saturated carbocycles. The number of thiophene rings is 1. The number of carboxylic acid groups (broad SMARTS) is 1. The number of nitrogens with zero attached hydrogens (tertiary/aromatic N) is 2. The van der Waals surface area contributed by atoms with Gasteiger partial charge in [-0.1, -0.05) is 0 Å². The van der Waals surface area contributed by atoms with Crippen molar-refractivity contribution >= 4 is 39.1 Å². The van der Waals surface area contributed by atoms with Gasteiger partial charge in [0, 0.05) is 11.6 Å². The fraction of sp³-hybridized carbons (Fsp3) is 0.125. The Morgan fingerprint density at radius 2 is 2.36 bits per heavy atom. The molecule has 2 aromatic heterocycles. The first-order chi connectivity index (χ1) is 6.59. The maximum atomic E-state index is 10.8. The molecule has 2 aromatic rings. The maximum absolute atomic E-state index is 10.8. The molecule has 0 aliphatic heterocycles. The minimum atomic E-state index is -0.943. The molecule has 14 heavy (non-hydrogen) atoms. The van der Waals surface area contributed by atoms with E-state index in [1.165, 1.54) is 0 Å². The molecule has 0 atom stereocenters. The van der Waals surface area contributed by atoms with Crippen molar-refractivity contribution in [1.82, 2.24) is 9.97 Å². The number of hydrogen-bond donors (Lipinski definition) is 1. The fourth-order valence-corrected chi connectivity index (χ4v) is 2.36. The lowest BCUT2D eigenvalue weighted by molar-refractivity contribution is 0.0701. The molecule has 4 nitrogen and oxygen atoms in total. The maximum Gasteiger partial charge on any atom is 0.346 e. The van der Waals surface area contributed by atoms with Crippen LogP contribution in [0, 0.1) is 6.92 Å². The van der Waals surface area contributed by atoms with Crippen LogP contribution in [0.25, 0.3) is 10.2 Å². The standard InChI is InChI=1S/C8H5ClN2O2S/c1-3-4-2-10-8(9)11-6(4)14-5(3)7(12)13/h2H,1H3,(H,12,13). The van der Waals surface area contributed by atoms with E-state index in [0.29, 0.717) is 10.4 Å². The Morgan fingerprint density at radius 1 is 1.64 bits per heavy atom. The van der Waals surface area contributed by atoms with Crippen LogP contribution in [0.15, 0.2) is 6.20 Å². The molecule has 0 amide bonds. The first kappa shape index (κ1) is 9.36. The number of fused-ring (bicyclic) bond motifs is 1. The third kappa shape index (κ3) is 1.34. The minimum Gasteiger partial charge on any atom is -0.477 e. The third-order valence-corrected chi connectivity index (χ3v) is 3.23. The van der Waals surface area contributed by atoms with Crippen molar-refractivity contribution < 1.29 is 9.90 Å².